The molecule has 5 heteroatoms. The van der Waals surface area contributed by atoms with Crippen molar-refractivity contribution >= 4 is 23.1 Å². The summed E-state index contributed by atoms with van der Waals surface area (Å²) in [7, 11) is 1.56. The van der Waals surface area contributed by atoms with Gasteiger partial charge in [0, 0.05) is 0 Å². The molecule has 0 saturated heterocycles. The molecule has 0 N–H and O–H groups in total. The number of nitrogens with zero attached hydrogens (tertiary/aromatic N) is 2. The Bertz CT molecular complexity index is 477. The van der Waals surface area contributed by atoms with E-state index in [4.69, 9.17) is 4.74 Å². The zero-order valence-electron chi connectivity index (χ0n) is 8.93. The smallest absolute Gasteiger partial charge is 0.321 e. The van der Waals surface area contributed by atoms with Crippen LogP contribution < -0.4 is 9.75 Å². The number of methoxy groups -OCH3 is 1. The van der Waals surface area contributed by atoms with Crippen molar-refractivity contribution in [2.45, 2.75) is 6.92 Å². The van der Waals surface area contributed by atoms with Gasteiger partial charge in [0.15, 0.2) is 0 Å². The maximum absolute atomic E-state index is 11.5. The molecule has 2 rings (SSSR count). The summed E-state index contributed by atoms with van der Waals surface area (Å²) in [6.45, 7) is 1.52. The van der Waals surface area contributed by atoms with E-state index in [1.807, 2.05) is 0 Å². The fraction of sp³-hybridized carbons (Fsp3) is 0.182. The van der Waals surface area contributed by atoms with Crippen LogP contribution in [0.1, 0.15) is 6.92 Å². The van der Waals surface area contributed by atoms with Crippen molar-refractivity contribution in [2.24, 2.45) is 5.10 Å². The van der Waals surface area contributed by atoms with Crippen LogP contribution in [0.4, 0.5) is 5.69 Å². The van der Waals surface area contributed by atoms with Gasteiger partial charge in [-0.1, -0.05) is 0 Å². The summed E-state index contributed by atoms with van der Waals surface area (Å²) < 4.78 is 4.99. The summed E-state index contributed by atoms with van der Waals surface area (Å²) in [4.78, 5) is 22.8. The average Bonchev–Trinajstić information content (AvgIpc) is 2.57. The molecule has 16 heavy (non-hydrogen) atoms. The third-order valence-electron chi connectivity index (χ3n) is 2.28. The lowest BCUT2D eigenvalue weighted by Crippen LogP contribution is -2.26. The van der Waals surface area contributed by atoms with Crippen LogP contribution in [0.5, 0.6) is 5.75 Å². The van der Waals surface area contributed by atoms with Gasteiger partial charge < -0.3 is 4.74 Å². The van der Waals surface area contributed by atoms with E-state index in [0.29, 0.717) is 11.4 Å². The van der Waals surface area contributed by atoms with Gasteiger partial charge in [-0.05, 0) is 31.2 Å². The van der Waals surface area contributed by atoms with Crippen LogP contribution in [-0.2, 0) is 9.59 Å². The maximum Gasteiger partial charge on any atom is 0.321 e. The van der Waals surface area contributed by atoms with E-state index in [2.05, 4.69) is 5.10 Å². The molecular formula is C11H10N2O3. The van der Waals surface area contributed by atoms with Crippen LogP contribution in [0.3, 0.4) is 0 Å². The molecule has 1 heterocycles. The lowest BCUT2D eigenvalue weighted by Gasteiger charge is -2.10. The maximum atomic E-state index is 11.5. The number of benzene rings is 1. The fourth-order valence-corrected chi connectivity index (χ4v) is 1.39. The van der Waals surface area contributed by atoms with Crippen LogP contribution in [0.25, 0.3) is 0 Å². The summed E-state index contributed by atoms with van der Waals surface area (Å²) in [5.41, 5.74) is 0.761. The molecule has 0 atom stereocenters. The second-order valence-corrected chi connectivity index (χ2v) is 3.33. The predicted molar refractivity (Wildman–Crippen MR) is 58.6 cm³/mol. The number of carbonyl (C=O) groups is 2. The minimum absolute atomic E-state index is 0.209. The normalized spacial score (nSPS) is 15.4. The lowest BCUT2D eigenvalue weighted by atomic mass is 10.2. The van der Waals surface area contributed by atoms with Crippen LogP contribution in [0.15, 0.2) is 29.4 Å². The van der Waals surface area contributed by atoms with Gasteiger partial charge in [-0.3, -0.25) is 9.59 Å². The molecule has 0 aliphatic carbocycles. The van der Waals surface area contributed by atoms with E-state index in [1.165, 1.54) is 6.92 Å². The van der Waals surface area contributed by atoms with Crippen LogP contribution in [-0.4, -0.2) is 24.5 Å². The van der Waals surface area contributed by atoms with Crippen molar-refractivity contribution in [3.8, 4) is 5.75 Å². The molecule has 0 aromatic heterocycles. The van der Waals surface area contributed by atoms with Crippen molar-refractivity contribution in [2.75, 3.05) is 12.1 Å². The highest BCUT2D eigenvalue weighted by Gasteiger charge is 2.32. The van der Waals surface area contributed by atoms with E-state index in [0.717, 1.165) is 5.01 Å². The number of amides is 1. The van der Waals surface area contributed by atoms with Crippen molar-refractivity contribution in [3.05, 3.63) is 24.3 Å². The molecular weight excluding hydrogens is 208 g/mol. The molecule has 1 aromatic carbocycles. The Morgan fingerprint density at radius 2 is 1.81 bits per heavy atom. The molecule has 0 unspecified atom stereocenters. The van der Waals surface area contributed by atoms with Gasteiger partial charge in [-0.15, -0.1) is 0 Å². The third kappa shape index (κ3) is 1.56. The molecule has 0 saturated carbocycles. The largest absolute Gasteiger partial charge is 0.497 e. The van der Waals surface area contributed by atoms with Crippen molar-refractivity contribution in [1.82, 2.24) is 0 Å². The predicted octanol–water partition coefficient (Wildman–Crippen LogP) is 0.987. The highest BCUT2D eigenvalue weighted by atomic mass is 16.5. The molecule has 1 aliphatic rings. The van der Waals surface area contributed by atoms with Crippen LogP contribution in [0.2, 0.25) is 0 Å². The van der Waals surface area contributed by atoms with E-state index >= 15 is 0 Å². The summed E-state index contributed by atoms with van der Waals surface area (Å²) in [6.07, 6.45) is 0. The quantitative estimate of drug-likeness (QED) is 0.695. The van der Waals surface area contributed by atoms with Gasteiger partial charge in [0.2, 0.25) is 0 Å². The van der Waals surface area contributed by atoms with Crippen LogP contribution in [0, 0.1) is 0 Å². The second kappa shape index (κ2) is 3.77. The Kier molecular flexibility index (Phi) is 2.44. The molecule has 0 fully saturated rings. The first-order chi connectivity index (χ1) is 7.63. The number of ether oxygens (including phenoxy) is 1. The first-order valence-electron chi connectivity index (χ1n) is 4.71. The number of rotatable bonds is 2. The summed E-state index contributed by atoms with van der Waals surface area (Å²) in [5.74, 6) is -0.499. The van der Waals surface area contributed by atoms with Crippen molar-refractivity contribution < 1.29 is 14.3 Å². The monoisotopic (exact) mass is 218 g/mol. The molecule has 5 nitrogen and oxygen atoms in total. The molecule has 0 spiro atoms. The lowest BCUT2D eigenvalue weighted by molar-refractivity contribution is -0.131. The van der Waals surface area contributed by atoms with Gasteiger partial charge in [0.05, 0.1) is 12.8 Å². The minimum Gasteiger partial charge on any atom is -0.497 e. The number of hydrogen-bond donors (Lipinski definition) is 0. The highest BCUT2D eigenvalue weighted by molar-refractivity contribution is 6.69. The first kappa shape index (κ1) is 10.4. The minimum atomic E-state index is -0.623. The third-order valence-corrected chi connectivity index (χ3v) is 2.28. The first-order valence-corrected chi connectivity index (χ1v) is 4.71. The Hall–Kier alpha value is -2.17. The van der Waals surface area contributed by atoms with E-state index < -0.39 is 11.7 Å². The molecule has 0 radical (unpaired) electrons. The molecule has 0 bridgehead atoms. The van der Waals surface area contributed by atoms with Crippen molar-refractivity contribution in [3.63, 3.8) is 0 Å². The molecule has 1 aromatic rings. The van der Waals surface area contributed by atoms with E-state index in [1.54, 1.807) is 31.4 Å². The van der Waals surface area contributed by atoms with Gasteiger partial charge in [-0.25, -0.2) is 0 Å². The highest BCUT2D eigenvalue weighted by Crippen LogP contribution is 2.22. The van der Waals surface area contributed by atoms with Gasteiger partial charge in [0.25, 0.3) is 5.78 Å². The van der Waals surface area contributed by atoms with E-state index in [-0.39, 0.29) is 5.71 Å². The number of Topliss-reactive ketones (excluding diaryl/α,β-unsaturated/α-hetero) is 1. The number of ketones is 1. The average molecular weight is 218 g/mol. The van der Waals surface area contributed by atoms with Crippen molar-refractivity contribution in [1.29, 1.82) is 0 Å². The number of hydrazone groups is 1. The van der Waals surface area contributed by atoms with Gasteiger partial charge in [-0.2, -0.15) is 10.1 Å². The van der Waals surface area contributed by atoms with Gasteiger partial charge >= 0.3 is 5.91 Å². The number of hydrogen-bond acceptors (Lipinski definition) is 4. The zero-order valence-corrected chi connectivity index (χ0v) is 8.93. The standard InChI is InChI=1S/C11H10N2O3/c1-7-10(14)11(15)13(12-7)8-3-5-9(16-2)6-4-8/h3-6H,1-2H3. The number of anilines is 1. The molecule has 1 aliphatic heterocycles. The summed E-state index contributed by atoms with van der Waals surface area (Å²) in [5, 5.41) is 4.98. The van der Waals surface area contributed by atoms with E-state index in [9.17, 15) is 9.59 Å². The molecule has 1 amide bonds. The SMILES string of the molecule is COc1ccc(N2N=C(C)C(=O)C2=O)cc1. The number of carbonyl (C=O) groups excluding carboxylic acids is 2. The van der Waals surface area contributed by atoms with Crippen LogP contribution >= 0.6 is 0 Å². The fourth-order valence-electron chi connectivity index (χ4n) is 1.39. The van der Waals surface area contributed by atoms with Gasteiger partial charge in [0.1, 0.15) is 11.5 Å². The summed E-state index contributed by atoms with van der Waals surface area (Å²) >= 11 is 0. The second-order valence-electron chi connectivity index (χ2n) is 3.33. The Labute approximate surface area is 92.3 Å². The Balaban J connectivity index is 2.32. The molecule has 82 valence electrons. The Morgan fingerprint density at radius 3 is 2.25 bits per heavy atom. The summed E-state index contributed by atoms with van der Waals surface area (Å²) in [6, 6.07) is 6.75. The Morgan fingerprint density at radius 1 is 1.19 bits per heavy atom. The zero-order chi connectivity index (χ0) is 11.7. The topological polar surface area (TPSA) is 59.0 Å².